The van der Waals surface area contributed by atoms with E-state index >= 15 is 0 Å². The molecule has 3 aromatic rings. The first-order chi connectivity index (χ1) is 16.6. The minimum atomic E-state index is -0.284. The molecule has 8 heteroatoms. The average Bonchev–Trinajstić information content (AvgIpc) is 3.52. The van der Waals surface area contributed by atoms with Crippen LogP contribution in [0.3, 0.4) is 0 Å². The number of nitrogens with one attached hydrogen (secondary N) is 1. The summed E-state index contributed by atoms with van der Waals surface area (Å²) in [5.41, 5.74) is 3.52. The van der Waals surface area contributed by atoms with Crippen LogP contribution < -0.4 is 10.2 Å². The Hall–Kier alpha value is -2.97. The van der Waals surface area contributed by atoms with Gasteiger partial charge in [-0.25, -0.2) is 4.39 Å². The molecule has 2 aromatic carbocycles. The zero-order chi connectivity index (χ0) is 23.9. The van der Waals surface area contributed by atoms with E-state index in [0.717, 1.165) is 60.9 Å². The van der Waals surface area contributed by atoms with Gasteiger partial charge >= 0.3 is 0 Å². The maximum absolute atomic E-state index is 13.4. The third kappa shape index (κ3) is 5.74. The second kappa shape index (κ2) is 11.4. The van der Waals surface area contributed by atoms with E-state index in [0.29, 0.717) is 18.2 Å². The number of anilines is 2. The van der Waals surface area contributed by atoms with Crippen molar-refractivity contribution in [3.05, 3.63) is 66.0 Å². The Morgan fingerprint density at radius 1 is 1.12 bits per heavy atom. The lowest BCUT2D eigenvalue weighted by atomic mass is 10.1. The van der Waals surface area contributed by atoms with Crippen molar-refractivity contribution < 1.29 is 13.7 Å². The van der Waals surface area contributed by atoms with E-state index in [1.807, 2.05) is 30.3 Å². The maximum Gasteiger partial charge on any atom is 0.232 e. The van der Waals surface area contributed by atoms with Gasteiger partial charge in [-0.2, -0.15) is 0 Å². The van der Waals surface area contributed by atoms with Crippen molar-refractivity contribution in [2.45, 2.75) is 39.3 Å². The third-order valence-corrected chi connectivity index (χ3v) is 6.41. The molecule has 0 saturated carbocycles. The van der Waals surface area contributed by atoms with Gasteiger partial charge in [0.1, 0.15) is 11.5 Å². The highest BCUT2D eigenvalue weighted by Crippen LogP contribution is 2.33. The molecule has 1 saturated heterocycles. The Morgan fingerprint density at radius 3 is 2.50 bits per heavy atom. The Labute approximate surface area is 205 Å². The molecule has 1 atom stereocenters. The van der Waals surface area contributed by atoms with Gasteiger partial charge in [0.25, 0.3) is 0 Å². The fourth-order valence-corrected chi connectivity index (χ4v) is 4.46. The van der Waals surface area contributed by atoms with Gasteiger partial charge in [-0.3, -0.25) is 0 Å². The van der Waals surface area contributed by atoms with Crippen molar-refractivity contribution in [2.75, 3.05) is 36.5 Å². The van der Waals surface area contributed by atoms with Crippen molar-refractivity contribution in [3.63, 3.8) is 0 Å². The molecule has 2 heterocycles. The normalized spacial score (nSPS) is 15.3. The van der Waals surface area contributed by atoms with E-state index in [1.165, 1.54) is 12.1 Å². The standard InChI is InChI=1S/C26H31FN4O2S/c1-3-30(4-2)25-23(24(29-33-25)19-9-6-5-7-10-19)18-31(17-22-11-8-16-32-22)26(34)28-21-14-12-20(27)13-15-21/h5-7,9-10,12-15,22H,3-4,8,11,16-18H2,1-2H3,(H,28,34)/t22-/m1/s1. The molecule has 0 amide bonds. The van der Waals surface area contributed by atoms with Crippen molar-refractivity contribution in [3.8, 4) is 11.3 Å². The zero-order valence-corrected chi connectivity index (χ0v) is 20.5. The topological polar surface area (TPSA) is 53.8 Å². The van der Waals surface area contributed by atoms with E-state index in [-0.39, 0.29) is 11.9 Å². The summed E-state index contributed by atoms with van der Waals surface area (Å²) in [6.45, 7) is 7.72. The monoisotopic (exact) mass is 482 g/mol. The lowest BCUT2D eigenvalue weighted by Crippen LogP contribution is -2.40. The smallest absolute Gasteiger partial charge is 0.232 e. The predicted octanol–water partition coefficient (Wildman–Crippen LogP) is 5.70. The summed E-state index contributed by atoms with van der Waals surface area (Å²) < 4.78 is 25.2. The van der Waals surface area contributed by atoms with Gasteiger partial charge in [0.2, 0.25) is 5.88 Å². The molecule has 0 unspecified atom stereocenters. The summed E-state index contributed by atoms with van der Waals surface area (Å²) in [6, 6.07) is 16.2. The molecule has 0 bridgehead atoms. The highest BCUT2D eigenvalue weighted by atomic mass is 32.1. The van der Waals surface area contributed by atoms with Gasteiger partial charge in [0, 0.05) is 37.5 Å². The van der Waals surface area contributed by atoms with E-state index in [4.69, 9.17) is 21.5 Å². The van der Waals surface area contributed by atoms with E-state index in [2.05, 4.69) is 34.1 Å². The lowest BCUT2D eigenvalue weighted by molar-refractivity contribution is 0.0905. The SMILES string of the molecule is CCN(CC)c1onc(-c2ccccc2)c1CN(C[C@H]1CCCO1)C(=S)Nc1ccc(F)cc1. The molecule has 0 radical (unpaired) electrons. The molecule has 180 valence electrons. The number of halogens is 1. The molecule has 0 aliphatic carbocycles. The third-order valence-electron chi connectivity index (χ3n) is 6.04. The summed E-state index contributed by atoms with van der Waals surface area (Å²) in [7, 11) is 0. The van der Waals surface area contributed by atoms with Crippen LogP contribution in [0, 0.1) is 5.82 Å². The minimum Gasteiger partial charge on any atom is -0.376 e. The predicted molar refractivity (Wildman–Crippen MR) is 138 cm³/mol. The largest absolute Gasteiger partial charge is 0.376 e. The van der Waals surface area contributed by atoms with Gasteiger partial charge in [0.15, 0.2) is 5.11 Å². The molecule has 1 aromatic heterocycles. The number of hydrogen-bond acceptors (Lipinski definition) is 5. The average molecular weight is 483 g/mol. The van der Waals surface area contributed by atoms with Crippen LogP contribution in [0.15, 0.2) is 59.1 Å². The fraction of sp³-hybridized carbons (Fsp3) is 0.385. The molecule has 1 aliphatic heterocycles. The van der Waals surface area contributed by atoms with Gasteiger partial charge in [0.05, 0.1) is 18.2 Å². The second-order valence-corrected chi connectivity index (χ2v) is 8.69. The quantitative estimate of drug-likeness (QED) is 0.392. The van der Waals surface area contributed by atoms with Crippen molar-refractivity contribution in [2.24, 2.45) is 0 Å². The number of aromatic nitrogens is 1. The van der Waals surface area contributed by atoms with E-state index in [1.54, 1.807) is 12.1 Å². The number of ether oxygens (including phenoxy) is 1. The van der Waals surface area contributed by atoms with Crippen LogP contribution in [0.1, 0.15) is 32.3 Å². The number of hydrogen-bond donors (Lipinski definition) is 1. The van der Waals surface area contributed by atoms with Crippen LogP contribution in [0.25, 0.3) is 11.3 Å². The molecule has 0 spiro atoms. The van der Waals surface area contributed by atoms with Gasteiger partial charge < -0.3 is 24.4 Å². The number of benzene rings is 2. The number of nitrogens with zero attached hydrogens (tertiary/aromatic N) is 3. The number of thiocarbonyl (C=S) groups is 1. The Bertz CT molecular complexity index is 1060. The van der Waals surface area contributed by atoms with Crippen LogP contribution in [0.4, 0.5) is 16.0 Å². The van der Waals surface area contributed by atoms with Gasteiger partial charge in [-0.05, 0) is 63.2 Å². The molecule has 4 rings (SSSR count). The first-order valence-electron chi connectivity index (χ1n) is 11.8. The highest BCUT2D eigenvalue weighted by molar-refractivity contribution is 7.80. The van der Waals surface area contributed by atoms with Gasteiger partial charge in [-0.1, -0.05) is 35.5 Å². The summed E-state index contributed by atoms with van der Waals surface area (Å²) in [5.74, 6) is 0.472. The molecule has 1 fully saturated rings. The van der Waals surface area contributed by atoms with Crippen LogP contribution in [0.2, 0.25) is 0 Å². The first-order valence-corrected chi connectivity index (χ1v) is 12.2. The van der Waals surface area contributed by atoms with Gasteiger partial charge in [-0.15, -0.1) is 0 Å². The molecule has 1 aliphatic rings. The van der Waals surface area contributed by atoms with Crippen molar-refractivity contribution in [1.29, 1.82) is 0 Å². The van der Waals surface area contributed by atoms with Crippen LogP contribution in [-0.2, 0) is 11.3 Å². The van der Waals surface area contributed by atoms with Crippen LogP contribution in [-0.4, -0.2) is 47.5 Å². The molecular weight excluding hydrogens is 451 g/mol. The van der Waals surface area contributed by atoms with E-state index in [9.17, 15) is 4.39 Å². The minimum absolute atomic E-state index is 0.102. The zero-order valence-electron chi connectivity index (χ0n) is 19.7. The fourth-order valence-electron chi connectivity index (χ4n) is 4.21. The molecule has 34 heavy (non-hydrogen) atoms. The molecule has 1 N–H and O–H groups in total. The summed E-state index contributed by atoms with van der Waals surface area (Å²) in [6.07, 6.45) is 2.14. The summed E-state index contributed by atoms with van der Waals surface area (Å²) in [4.78, 5) is 4.26. The molecule has 6 nitrogen and oxygen atoms in total. The Kier molecular flexibility index (Phi) is 8.13. The highest BCUT2D eigenvalue weighted by Gasteiger charge is 2.27. The number of rotatable bonds is 9. The van der Waals surface area contributed by atoms with Crippen molar-refractivity contribution in [1.82, 2.24) is 10.1 Å². The van der Waals surface area contributed by atoms with Crippen molar-refractivity contribution >= 4 is 28.9 Å². The lowest BCUT2D eigenvalue weighted by Gasteiger charge is -2.29. The Morgan fingerprint density at radius 2 is 1.85 bits per heavy atom. The maximum atomic E-state index is 13.4. The Balaban J connectivity index is 1.66. The molecular formula is C26H31FN4O2S. The van der Waals surface area contributed by atoms with Crippen LogP contribution >= 0.6 is 12.2 Å². The summed E-state index contributed by atoms with van der Waals surface area (Å²) >= 11 is 5.82. The first kappa shape index (κ1) is 24.2. The van der Waals surface area contributed by atoms with Crippen LogP contribution in [0.5, 0.6) is 0 Å². The van der Waals surface area contributed by atoms with E-state index < -0.39 is 0 Å². The second-order valence-electron chi connectivity index (χ2n) is 8.31. The summed E-state index contributed by atoms with van der Waals surface area (Å²) in [5, 5.41) is 8.27.